The summed E-state index contributed by atoms with van der Waals surface area (Å²) in [5.74, 6) is 2.33. The van der Waals surface area contributed by atoms with E-state index in [1.54, 1.807) is 18.2 Å². The van der Waals surface area contributed by atoms with Gasteiger partial charge < -0.3 is 35.0 Å². The number of carbonyl (C=O) groups excluding carboxylic acids is 2. The summed E-state index contributed by atoms with van der Waals surface area (Å²) < 4.78 is 12.7. The van der Waals surface area contributed by atoms with Crippen molar-refractivity contribution in [1.82, 2.24) is 10.2 Å². The molecule has 5 rings (SSSR count). The third-order valence-corrected chi connectivity index (χ3v) is 10.9. The highest BCUT2D eigenvalue weighted by atomic mass is 127. The Morgan fingerprint density at radius 3 is 2.47 bits per heavy atom. The third kappa shape index (κ3) is 7.50. The highest BCUT2D eigenvalue weighted by molar-refractivity contribution is 14.1. The lowest BCUT2D eigenvalue weighted by Crippen LogP contribution is -2.58. The number of rotatable bonds is 11. The van der Waals surface area contributed by atoms with E-state index in [2.05, 4.69) is 27.9 Å². The Kier molecular flexibility index (Phi) is 11.3. The van der Waals surface area contributed by atoms with E-state index in [-0.39, 0.29) is 44.0 Å². The monoisotopic (exact) mass is 710 g/mol. The van der Waals surface area contributed by atoms with Gasteiger partial charge in [0.05, 0.1) is 29.9 Å². The molecular weight excluding hydrogens is 663 g/mol. The number of benzene rings is 1. The second-order valence-electron chi connectivity index (χ2n) is 12.9. The highest BCUT2D eigenvalue weighted by Crippen LogP contribution is 2.50. The van der Waals surface area contributed by atoms with Gasteiger partial charge in [-0.2, -0.15) is 0 Å². The van der Waals surface area contributed by atoms with Crippen LogP contribution in [0.25, 0.3) is 0 Å². The number of carbonyl (C=O) groups is 2. The number of fused-ring (bicyclic) bond motifs is 2. The maximum Gasteiger partial charge on any atom is 0.247 e. The first-order chi connectivity index (χ1) is 20.8. The predicted molar refractivity (Wildman–Crippen MR) is 171 cm³/mol. The van der Waals surface area contributed by atoms with Gasteiger partial charge in [0, 0.05) is 31.0 Å². The number of nitrogens with zero attached hydrogens (tertiary/aromatic N) is 1. The summed E-state index contributed by atoms with van der Waals surface area (Å²) in [6.45, 7) is -0.233. The van der Waals surface area contributed by atoms with Gasteiger partial charge in [-0.15, -0.1) is 0 Å². The van der Waals surface area contributed by atoms with Crippen LogP contribution in [0.4, 0.5) is 0 Å². The summed E-state index contributed by atoms with van der Waals surface area (Å²) in [5.41, 5.74) is 1.10. The van der Waals surface area contributed by atoms with Crippen LogP contribution in [-0.4, -0.2) is 76.6 Å². The number of methoxy groups -OCH3 is 1. The number of ether oxygens (including phenoxy) is 2. The van der Waals surface area contributed by atoms with Crippen molar-refractivity contribution in [2.75, 3.05) is 20.3 Å². The molecule has 2 bridgehead atoms. The van der Waals surface area contributed by atoms with Crippen molar-refractivity contribution >= 4 is 34.4 Å². The van der Waals surface area contributed by atoms with Crippen LogP contribution in [0.2, 0.25) is 0 Å². The molecule has 0 saturated heterocycles. The number of aliphatic hydroxyl groups is 3. The number of aliphatic hydroxyl groups excluding tert-OH is 3. The van der Waals surface area contributed by atoms with Gasteiger partial charge in [-0.1, -0.05) is 32.1 Å². The van der Waals surface area contributed by atoms with E-state index < -0.39 is 18.2 Å². The average molecular weight is 711 g/mol. The summed E-state index contributed by atoms with van der Waals surface area (Å²) >= 11 is 2.11. The van der Waals surface area contributed by atoms with Gasteiger partial charge in [0.2, 0.25) is 11.8 Å². The van der Waals surface area contributed by atoms with Crippen LogP contribution in [-0.2, 0) is 16.2 Å². The molecule has 4 aliphatic rings. The largest absolute Gasteiger partial charge is 0.493 e. The fraction of sp³-hybridized carbons (Fsp3) is 0.697. The predicted octanol–water partition coefficient (Wildman–Crippen LogP) is 4.09. The lowest BCUT2D eigenvalue weighted by molar-refractivity contribution is -0.144. The van der Waals surface area contributed by atoms with E-state index in [1.807, 2.05) is 4.90 Å². The van der Waals surface area contributed by atoms with E-state index in [4.69, 9.17) is 9.47 Å². The fourth-order valence-corrected chi connectivity index (χ4v) is 8.81. The molecule has 0 spiro atoms. The molecule has 43 heavy (non-hydrogen) atoms. The summed E-state index contributed by atoms with van der Waals surface area (Å²) in [4.78, 5) is 29.6. The van der Waals surface area contributed by atoms with E-state index in [0.717, 1.165) is 50.9 Å². The van der Waals surface area contributed by atoms with E-state index >= 15 is 0 Å². The van der Waals surface area contributed by atoms with Crippen LogP contribution in [0.1, 0.15) is 82.6 Å². The third-order valence-electron chi connectivity index (χ3n) is 10.1. The smallest absolute Gasteiger partial charge is 0.247 e. The minimum atomic E-state index is -1.07. The minimum absolute atomic E-state index is 0.00672. The van der Waals surface area contributed by atoms with Crippen molar-refractivity contribution in [3.05, 3.63) is 32.9 Å². The molecular formula is C33H47IN2O7. The van der Waals surface area contributed by atoms with Crippen molar-refractivity contribution < 1.29 is 34.4 Å². The molecule has 2 amide bonds. The molecule has 0 aromatic heterocycles. The summed E-state index contributed by atoms with van der Waals surface area (Å²) in [6, 6.07) is 2.87. The number of amides is 2. The Morgan fingerprint density at radius 2 is 1.84 bits per heavy atom. The summed E-state index contributed by atoms with van der Waals surface area (Å²) in [7, 11) is 1.52. The maximum absolute atomic E-state index is 14.3. The lowest BCUT2D eigenvalue weighted by atomic mass is 9.83. The standard InChI is InChI=1S/C33H47IN2O7/c1-42-29-15-21(19-38)14-26(34)32(29)43-28-17-24(33(41)35-10-11-37)16-27(31(28)40)36(25-6-4-2-3-5-7-25)30(39)18-23-13-20-8-9-22(23)12-20/h14-15,17,20,22-23,25,27-28,31,37-38,40H,2-13,16,18-19H2,1H3,(H,35,41)/t20?,22?,23?,27-,28+,31+/m1/s1. The number of hydrogen-bond donors (Lipinski definition) is 4. The molecule has 1 aromatic carbocycles. The Balaban J connectivity index is 1.48. The molecule has 10 heteroatoms. The normalized spacial score (nSPS) is 29.1. The van der Waals surface area contributed by atoms with Crippen LogP contribution in [0.5, 0.6) is 11.5 Å². The van der Waals surface area contributed by atoms with E-state index in [0.29, 0.717) is 44.5 Å². The minimum Gasteiger partial charge on any atom is -0.493 e. The Labute approximate surface area is 268 Å². The van der Waals surface area contributed by atoms with Crippen molar-refractivity contribution in [2.45, 2.75) is 108 Å². The first-order valence-corrected chi connectivity index (χ1v) is 17.1. The van der Waals surface area contributed by atoms with Crippen molar-refractivity contribution in [2.24, 2.45) is 17.8 Å². The zero-order valence-electron chi connectivity index (χ0n) is 25.2. The van der Waals surface area contributed by atoms with Gasteiger partial charge in [-0.05, 0) is 96.2 Å². The Morgan fingerprint density at radius 1 is 1.07 bits per heavy atom. The zero-order chi connectivity index (χ0) is 30.5. The molecule has 1 aromatic rings. The van der Waals surface area contributed by atoms with Gasteiger partial charge in [-0.3, -0.25) is 9.59 Å². The number of nitrogens with one attached hydrogen (secondary N) is 1. The van der Waals surface area contributed by atoms with Crippen LogP contribution >= 0.6 is 22.6 Å². The van der Waals surface area contributed by atoms with Gasteiger partial charge in [0.15, 0.2) is 11.5 Å². The second kappa shape index (κ2) is 14.9. The summed E-state index contributed by atoms with van der Waals surface area (Å²) in [6.07, 6.45) is 11.3. The van der Waals surface area contributed by atoms with Gasteiger partial charge >= 0.3 is 0 Å². The van der Waals surface area contributed by atoms with Crippen molar-refractivity contribution in [1.29, 1.82) is 0 Å². The molecule has 4 aliphatic carbocycles. The van der Waals surface area contributed by atoms with Crippen LogP contribution in [0, 0.1) is 21.3 Å². The molecule has 3 saturated carbocycles. The van der Waals surface area contributed by atoms with Crippen LogP contribution in [0.15, 0.2) is 23.8 Å². The van der Waals surface area contributed by atoms with Crippen LogP contribution < -0.4 is 14.8 Å². The molecule has 3 fully saturated rings. The van der Waals surface area contributed by atoms with Crippen molar-refractivity contribution in [3.63, 3.8) is 0 Å². The second-order valence-corrected chi connectivity index (χ2v) is 14.0. The van der Waals surface area contributed by atoms with Gasteiger partial charge in [0.1, 0.15) is 12.2 Å². The molecule has 3 unspecified atom stereocenters. The van der Waals surface area contributed by atoms with Crippen LogP contribution in [0.3, 0.4) is 0 Å². The first kappa shape index (κ1) is 32.5. The molecule has 0 aliphatic heterocycles. The average Bonchev–Trinajstić information content (AvgIpc) is 3.53. The SMILES string of the molecule is COc1cc(CO)cc(I)c1O[C@H]1C=C(C(=O)NCCO)C[C@@H](N(C(=O)CC2CC3CCC2C3)C2CCCCCC2)[C@@H]1O. The molecule has 0 heterocycles. The van der Waals surface area contributed by atoms with E-state index in [1.165, 1.54) is 26.4 Å². The summed E-state index contributed by atoms with van der Waals surface area (Å²) in [5, 5.41) is 33.8. The lowest BCUT2D eigenvalue weighted by Gasteiger charge is -2.44. The Bertz CT molecular complexity index is 1170. The first-order valence-electron chi connectivity index (χ1n) is 16.1. The maximum atomic E-state index is 14.3. The topological polar surface area (TPSA) is 129 Å². The Hall–Kier alpha value is -1.89. The van der Waals surface area contributed by atoms with Crippen molar-refractivity contribution in [3.8, 4) is 11.5 Å². The molecule has 238 valence electrons. The molecule has 9 nitrogen and oxygen atoms in total. The highest BCUT2D eigenvalue weighted by Gasteiger charge is 2.46. The number of halogens is 1. The van der Waals surface area contributed by atoms with Gasteiger partial charge in [-0.25, -0.2) is 0 Å². The molecule has 0 radical (unpaired) electrons. The molecule has 6 atom stereocenters. The zero-order valence-corrected chi connectivity index (χ0v) is 27.3. The molecule has 4 N–H and O–H groups in total. The van der Waals surface area contributed by atoms with E-state index in [9.17, 15) is 24.9 Å². The fourth-order valence-electron chi connectivity index (χ4n) is 8.01. The number of hydrogen-bond acceptors (Lipinski definition) is 7. The van der Waals surface area contributed by atoms with Gasteiger partial charge in [0.25, 0.3) is 0 Å². The quantitative estimate of drug-likeness (QED) is 0.201.